The van der Waals surface area contributed by atoms with Gasteiger partial charge in [-0.3, -0.25) is 14.4 Å². The lowest BCUT2D eigenvalue weighted by molar-refractivity contribution is -0.119. The van der Waals surface area contributed by atoms with E-state index in [4.69, 9.17) is 0 Å². The molecule has 2 N–H and O–H groups in total. The summed E-state index contributed by atoms with van der Waals surface area (Å²) in [4.78, 5) is 42.7. The second-order valence-electron chi connectivity index (χ2n) is 9.17. The number of ketones is 1. The monoisotopic (exact) mass is 454 g/mol. The predicted octanol–water partition coefficient (Wildman–Crippen LogP) is 4.25. The van der Waals surface area contributed by atoms with Crippen molar-refractivity contribution in [2.45, 2.75) is 58.9 Å². The number of nitrogens with one attached hydrogen (secondary N) is 2. The maximum atomic E-state index is 13.2. The Balaban J connectivity index is 1.86. The summed E-state index contributed by atoms with van der Waals surface area (Å²) in [5, 5.41) is 5.66. The molecule has 1 aliphatic rings. The molecule has 2 aromatic heterocycles. The zero-order valence-electron chi connectivity index (χ0n) is 19.8. The number of amides is 2. The van der Waals surface area contributed by atoms with Gasteiger partial charge in [-0.2, -0.15) is 4.39 Å². The quantitative estimate of drug-likeness (QED) is 0.295. The minimum Gasteiger partial charge on any atom is -0.344 e. The highest BCUT2D eigenvalue weighted by molar-refractivity contribution is 6.43. The van der Waals surface area contributed by atoms with Gasteiger partial charge in [-0.1, -0.05) is 26.0 Å². The number of hydrogen-bond acceptors (Lipinski definition) is 4. The Morgan fingerprint density at radius 3 is 2.58 bits per heavy atom. The molecule has 33 heavy (non-hydrogen) atoms. The molecular formula is C25H31FN4O3. The third-order valence-electron chi connectivity index (χ3n) is 6.58. The number of carbonyl (C=O) groups excluding carboxylic acids is 3. The molecule has 1 aliphatic carbocycles. The average Bonchev–Trinajstić information content (AvgIpc) is 2.96. The first kappa shape index (κ1) is 24.4. The van der Waals surface area contributed by atoms with Crippen molar-refractivity contribution in [2.24, 2.45) is 13.0 Å². The Morgan fingerprint density at radius 2 is 2.00 bits per heavy atom. The molecule has 2 amide bonds. The normalized spacial score (nSPS) is 20.4. The van der Waals surface area contributed by atoms with Crippen LogP contribution in [0.4, 0.5) is 10.1 Å². The van der Waals surface area contributed by atoms with Crippen molar-refractivity contribution >= 4 is 23.3 Å². The van der Waals surface area contributed by atoms with Crippen LogP contribution < -0.4 is 10.6 Å². The van der Waals surface area contributed by atoms with Gasteiger partial charge in [0.1, 0.15) is 0 Å². The van der Waals surface area contributed by atoms with Gasteiger partial charge >= 0.3 is 0 Å². The van der Waals surface area contributed by atoms with Crippen molar-refractivity contribution in [3.05, 3.63) is 58.9 Å². The van der Waals surface area contributed by atoms with E-state index in [0.29, 0.717) is 41.3 Å². The molecule has 2 heterocycles. The van der Waals surface area contributed by atoms with E-state index in [1.165, 1.54) is 12.3 Å². The standard InChI is InChI=1S/C25H31FN4O3/c1-7-25(11-14(2)10-15(3)12-25)29-24(33)22(31)21-16(4)20(17(5)30(21)6)23(32)28-18-8-9-19(26)27-13-18/h8-9,13,15H,2,7,10-12H2,1,3-6H3,(H,28,32)(H,29,33). The number of aromatic nitrogens is 2. The zero-order valence-corrected chi connectivity index (χ0v) is 19.8. The van der Waals surface area contributed by atoms with Crippen LogP contribution in [-0.4, -0.2) is 32.7 Å². The lowest BCUT2D eigenvalue weighted by Crippen LogP contribution is -2.53. The van der Waals surface area contributed by atoms with Crippen LogP contribution in [0.25, 0.3) is 0 Å². The molecule has 3 rings (SSSR count). The van der Waals surface area contributed by atoms with E-state index < -0.39 is 29.1 Å². The average molecular weight is 455 g/mol. The summed E-state index contributed by atoms with van der Waals surface area (Å²) in [6.07, 6.45) is 4.26. The van der Waals surface area contributed by atoms with Crippen LogP contribution in [0.2, 0.25) is 0 Å². The summed E-state index contributed by atoms with van der Waals surface area (Å²) in [6.45, 7) is 11.6. The Morgan fingerprint density at radius 1 is 1.30 bits per heavy atom. The largest absolute Gasteiger partial charge is 0.344 e. The van der Waals surface area contributed by atoms with Crippen molar-refractivity contribution in [3.8, 4) is 0 Å². The summed E-state index contributed by atoms with van der Waals surface area (Å²) in [5.41, 5.74) is 2.32. The molecule has 0 spiro atoms. The Kier molecular flexibility index (Phi) is 6.86. The van der Waals surface area contributed by atoms with Crippen LogP contribution >= 0.6 is 0 Å². The molecule has 1 fully saturated rings. The first-order valence-electron chi connectivity index (χ1n) is 11.1. The molecule has 0 aromatic carbocycles. The maximum Gasteiger partial charge on any atom is 0.294 e. The minimum atomic E-state index is -0.683. The number of carbonyl (C=O) groups is 3. The number of nitrogens with zero attached hydrogens (tertiary/aromatic N) is 2. The smallest absolute Gasteiger partial charge is 0.294 e. The number of anilines is 1. The third kappa shape index (κ3) is 4.89. The van der Waals surface area contributed by atoms with Crippen LogP contribution in [0.1, 0.15) is 71.6 Å². The summed E-state index contributed by atoms with van der Waals surface area (Å²) in [5.74, 6) is -2.11. The Labute approximate surface area is 193 Å². The van der Waals surface area contributed by atoms with E-state index >= 15 is 0 Å². The fraction of sp³-hybridized carbons (Fsp3) is 0.440. The third-order valence-corrected chi connectivity index (χ3v) is 6.58. The number of hydrogen-bond donors (Lipinski definition) is 2. The molecule has 0 bridgehead atoms. The molecule has 0 aliphatic heterocycles. The van der Waals surface area contributed by atoms with Crippen molar-refractivity contribution in [1.29, 1.82) is 0 Å². The summed E-state index contributed by atoms with van der Waals surface area (Å²) in [6, 6.07) is 2.54. The molecule has 0 radical (unpaired) electrons. The van der Waals surface area contributed by atoms with Crippen molar-refractivity contribution in [2.75, 3.05) is 5.32 Å². The SMILES string of the molecule is C=C1CC(C)CC(CC)(NC(=O)C(=O)c2c(C)c(C(=O)Nc3ccc(F)nc3)c(C)n2C)C1. The van der Waals surface area contributed by atoms with E-state index in [9.17, 15) is 18.8 Å². The lowest BCUT2D eigenvalue weighted by atomic mass is 9.73. The lowest BCUT2D eigenvalue weighted by Gasteiger charge is -2.41. The van der Waals surface area contributed by atoms with E-state index in [-0.39, 0.29) is 5.69 Å². The van der Waals surface area contributed by atoms with E-state index in [0.717, 1.165) is 24.5 Å². The predicted molar refractivity (Wildman–Crippen MR) is 125 cm³/mol. The fourth-order valence-electron chi connectivity index (χ4n) is 4.99. The number of rotatable bonds is 6. The fourth-order valence-corrected chi connectivity index (χ4v) is 4.99. The zero-order chi connectivity index (χ0) is 24.5. The molecule has 2 atom stereocenters. The van der Waals surface area contributed by atoms with Crippen LogP contribution in [0.15, 0.2) is 30.5 Å². The van der Waals surface area contributed by atoms with Crippen LogP contribution in [-0.2, 0) is 11.8 Å². The van der Waals surface area contributed by atoms with Gasteiger partial charge in [0.05, 0.1) is 23.1 Å². The first-order valence-corrected chi connectivity index (χ1v) is 11.1. The first-order chi connectivity index (χ1) is 15.5. The van der Waals surface area contributed by atoms with Crippen LogP contribution in [0, 0.1) is 25.7 Å². The number of Topliss-reactive ketones (excluding diaryl/α,β-unsaturated/α-hetero) is 1. The number of pyridine rings is 1. The topological polar surface area (TPSA) is 93.1 Å². The highest BCUT2D eigenvalue weighted by Crippen LogP contribution is 2.37. The minimum absolute atomic E-state index is 0.168. The molecular weight excluding hydrogens is 423 g/mol. The highest BCUT2D eigenvalue weighted by atomic mass is 19.1. The van der Waals surface area contributed by atoms with Gasteiger partial charge in [-0.25, -0.2) is 4.98 Å². The van der Waals surface area contributed by atoms with E-state index in [1.54, 1.807) is 25.5 Å². The molecule has 2 unspecified atom stereocenters. The summed E-state index contributed by atoms with van der Waals surface area (Å²) < 4.78 is 14.6. The van der Waals surface area contributed by atoms with Crippen molar-refractivity contribution in [3.63, 3.8) is 0 Å². The molecule has 1 saturated carbocycles. The molecule has 8 heteroatoms. The number of halogens is 1. The van der Waals surface area contributed by atoms with Gasteiger partial charge in [0.2, 0.25) is 5.95 Å². The van der Waals surface area contributed by atoms with Crippen molar-refractivity contribution < 1.29 is 18.8 Å². The van der Waals surface area contributed by atoms with Crippen LogP contribution in [0.5, 0.6) is 0 Å². The van der Waals surface area contributed by atoms with E-state index in [2.05, 4.69) is 29.1 Å². The van der Waals surface area contributed by atoms with Gasteiger partial charge in [0.25, 0.3) is 17.6 Å². The highest BCUT2D eigenvalue weighted by Gasteiger charge is 2.38. The van der Waals surface area contributed by atoms with Crippen molar-refractivity contribution in [1.82, 2.24) is 14.9 Å². The van der Waals surface area contributed by atoms with E-state index in [1.807, 2.05) is 6.92 Å². The summed E-state index contributed by atoms with van der Waals surface area (Å²) >= 11 is 0. The van der Waals surface area contributed by atoms with Gasteiger partial charge in [0, 0.05) is 18.3 Å². The Hall–Kier alpha value is -3.29. The van der Waals surface area contributed by atoms with Gasteiger partial charge in [-0.15, -0.1) is 0 Å². The maximum absolute atomic E-state index is 13.2. The second kappa shape index (κ2) is 9.29. The Bertz CT molecular complexity index is 1120. The molecule has 2 aromatic rings. The van der Waals surface area contributed by atoms with Gasteiger partial charge < -0.3 is 15.2 Å². The van der Waals surface area contributed by atoms with Gasteiger partial charge in [0.15, 0.2) is 0 Å². The molecule has 7 nitrogen and oxygen atoms in total. The second-order valence-corrected chi connectivity index (χ2v) is 9.17. The molecule has 176 valence electrons. The summed E-state index contributed by atoms with van der Waals surface area (Å²) in [7, 11) is 1.65. The van der Waals surface area contributed by atoms with Crippen LogP contribution in [0.3, 0.4) is 0 Å². The molecule has 0 saturated heterocycles. The van der Waals surface area contributed by atoms with Gasteiger partial charge in [-0.05, 0) is 63.1 Å².